The van der Waals surface area contributed by atoms with Crippen LogP contribution in [0.3, 0.4) is 0 Å². The third kappa shape index (κ3) is 6.10. The van der Waals surface area contributed by atoms with E-state index in [1.807, 2.05) is 26.8 Å². The van der Waals surface area contributed by atoms with Crippen LogP contribution < -0.4 is 10.1 Å². The van der Waals surface area contributed by atoms with Crippen LogP contribution in [0, 0.1) is 12.8 Å². The van der Waals surface area contributed by atoms with E-state index in [0.717, 1.165) is 31.2 Å². The van der Waals surface area contributed by atoms with Crippen molar-refractivity contribution in [3.63, 3.8) is 0 Å². The number of halogens is 1. The van der Waals surface area contributed by atoms with E-state index in [1.54, 1.807) is 36.4 Å². The van der Waals surface area contributed by atoms with Crippen molar-refractivity contribution in [3.05, 3.63) is 58.6 Å². The molecule has 0 atom stereocenters. The zero-order chi connectivity index (χ0) is 19.8. The molecule has 0 heterocycles. The molecule has 0 saturated heterocycles. The molecular weight excluding hydrogens is 362 g/mol. The fourth-order valence-electron chi connectivity index (χ4n) is 2.93. The van der Waals surface area contributed by atoms with Gasteiger partial charge in [-0.25, -0.2) is 0 Å². The number of ether oxygens (including phenoxy) is 1. The van der Waals surface area contributed by atoms with E-state index < -0.39 is 0 Å². The molecule has 1 amide bonds. The Balaban J connectivity index is 2.22. The Morgan fingerprint density at radius 3 is 2.41 bits per heavy atom. The molecule has 2 aromatic carbocycles. The summed E-state index contributed by atoms with van der Waals surface area (Å²) in [6.07, 6.45) is 3.39. The van der Waals surface area contributed by atoms with Crippen molar-refractivity contribution in [2.75, 3.05) is 5.32 Å². The number of esters is 1. The molecule has 0 radical (unpaired) electrons. The molecule has 0 unspecified atom stereocenters. The lowest BCUT2D eigenvalue weighted by atomic mass is 9.98. The first-order valence-corrected chi connectivity index (χ1v) is 9.71. The summed E-state index contributed by atoms with van der Waals surface area (Å²) in [6.45, 7) is 5.99. The molecule has 144 valence electrons. The minimum absolute atomic E-state index is 0.149. The number of hydrogen-bond donors (Lipinski definition) is 1. The minimum atomic E-state index is -0.345. The van der Waals surface area contributed by atoms with Crippen molar-refractivity contribution < 1.29 is 14.3 Å². The predicted molar refractivity (Wildman–Crippen MR) is 110 cm³/mol. The number of carbonyl (C=O) groups excluding carboxylic acids is 2. The normalized spacial score (nSPS) is 10.7. The van der Waals surface area contributed by atoms with Gasteiger partial charge in [0.15, 0.2) is 0 Å². The van der Waals surface area contributed by atoms with Crippen molar-refractivity contribution in [2.45, 2.75) is 46.5 Å². The van der Waals surface area contributed by atoms with Gasteiger partial charge in [-0.15, -0.1) is 0 Å². The third-order valence-corrected chi connectivity index (χ3v) is 4.52. The quantitative estimate of drug-likeness (QED) is 0.445. The SMILES string of the molecule is CCCC(CCC)C(=O)Oc1cc(C)ccc1C(=O)Nc1cccc(Cl)c1. The largest absolute Gasteiger partial charge is 0.425 e. The maximum absolute atomic E-state index is 12.7. The second-order valence-corrected chi connectivity index (χ2v) is 7.10. The van der Waals surface area contributed by atoms with Crippen molar-refractivity contribution in [1.82, 2.24) is 0 Å². The lowest BCUT2D eigenvalue weighted by molar-refractivity contribution is -0.139. The minimum Gasteiger partial charge on any atom is -0.425 e. The van der Waals surface area contributed by atoms with E-state index in [0.29, 0.717) is 16.3 Å². The zero-order valence-corrected chi connectivity index (χ0v) is 16.8. The van der Waals surface area contributed by atoms with Crippen molar-refractivity contribution >= 4 is 29.2 Å². The van der Waals surface area contributed by atoms with E-state index in [1.165, 1.54) is 0 Å². The van der Waals surface area contributed by atoms with E-state index in [2.05, 4.69) is 5.32 Å². The maximum atomic E-state index is 12.7. The first-order valence-electron chi connectivity index (χ1n) is 9.33. The summed E-state index contributed by atoms with van der Waals surface area (Å²) in [5.74, 6) is -0.482. The Morgan fingerprint density at radius 1 is 1.07 bits per heavy atom. The van der Waals surface area contributed by atoms with Crippen LogP contribution in [0.2, 0.25) is 5.02 Å². The molecule has 0 aliphatic carbocycles. The number of aryl methyl sites for hydroxylation is 1. The Morgan fingerprint density at radius 2 is 1.78 bits per heavy atom. The molecule has 0 spiro atoms. The van der Waals surface area contributed by atoms with Gasteiger partial charge in [-0.1, -0.05) is 50.4 Å². The highest BCUT2D eigenvalue weighted by molar-refractivity contribution is 6.31. The Hall–Kier alpha value is -2.33. The van der Waals surface area contributed by atoms with Crippen LogP contribution in [0.15, 0.2) is 42.5 Å². The number of benzene rings is 2. The van der Waals surface area contributed by atoms with Gasteiger partial charge in [0.05, 0.1) is 11.5 Å². The molecule has 0 saturated carbocycles. The summed E-state index contributed by atoms with van der Waals surface area (Å²) in [7, 11) is 0. The molecule has 1 N–H and O–H groups in total. The number of nitrogens with one attached hydrogen (secondary N) is 1. The van der Waals surface area contributed by atoms with Gasteiger partial charge in [-0.2, -0.15) is 0 Å². The Bertz CT molecular complexity index is 798. The lowest BCUT2D eigenvalue weighted by Gasteiger charge is -2.16. The van der Waals surface area contributed by atoms with Gasteiger partial charge in [0.25, 0.3) is 5.91 Å². The highest BCUT2D eigenvalue weighted by atomic mass is 35.5. The average molecular weight is 388 g/mol. The first-order chi connectivity index (χ1) is 12.9. The average Bonchev–Trinajstić information content (AvgIpc) is 2.61. The van der Waals surface area contributed by atoms with Crippen LogP contribution in [-0.4, -0.2) is 11.9 Å². The van der Waals surface area contributed by atoms with Crippen molar-refractivity contribution in [1.29, 1.82) is 0 Å². The lowest BCUT2D eigenvalue weighted by Crippen LogP contribution is -2.22. The van der Waals surface area contributed by atoms with E-state index >= 15 is 0 Å². The van der Waals surface area contributed by atoms with Crippen LogP contribution in [0.1, 0.15) is 55.5 Å². The second-order valence-electron chi connectivity index (χ2n) is 6.66. The van der Waals surface area contributed by atoms with Gasteiger partial charge in [-0.05, 0) is 55.7 Å². The number of hydrogen-bond acceptors (Lipinski definition) is 3. The number of anilines is 1. The van der Waals surface area contributed by atoms with Crippen molar-refractivity contribution in [2.24, 2.45) is 5.92 Å². The molecule has 0 fully saturated rings. The molecule has 0 aliphatic heterocycles. The predicted octanol–water partition coefficient (Wildman–Crippen LogP) is 6.02. The highest BCUT2D eigenvalue weighted by Gasteiger charge is 2.22. The van der Waals surface area contributed by atoms with Crippen LogP contribution >= 0.6 is 11.6 Å². The molecular formula is C22H26ClNO3. The summed E-state index contributed by atoms with van der Waals surface area (Å²) < 4.78 is 5.65. The van der Waals surface area contributed by atoms with Crippen LogP contribution in [-0.2, 0) is 4.79 Å². The second kappa shape index (κ2) is 10.1. The van der Waals surface area contributed by atoms with Crippen molar-refractivity contribution in [3.8, 4) is 5.75 Å². The molecule has 27 heavy (non-hydrogen) atoms. The zero-order valence-electron chi connectivity index (χ0n) is 16.0. The molecule has 2 aromatic rings. The topological polar surface area (TPSA) is 55.4 Å². The molecule has 0 bridgehead atoms. The van der Waals surface area contributed by atoms with Gasteiger partial charge >= 0.3 is 5.97 Å². The van der Waals surface area contributed by atoms with Gasteiger partial charge in [0, 0.05) is 10.7 Å². The summed E-state index contributed by atoms with van der Waals surface area (Å²) in [6, 6.07) is 12.1. The van der Waals surface area contributed by atoms with Gasteiger partial charge in [0.1, 0.15) is 5.75 Å². The number of rotatable bonds is 8. The summed E-state index contributed by atoms with van der Waals surface area (Å²) in [5.41, 5.74) is 1.82. The Kier molecular flexibility index (Phi) is 7.86. The van der Waals surface area contributed by atoms with Crippen LogP contribution in [0.25, 0.3) is 0 Å². The number of amides is 1. The molecule has 0 aliphatic rings. The maximum Gasteiger partial charge on any atom is 0.314 e. The standard InChI is InChI=1S/C22H26ClNO3/c1-4-7-16(8-5-2)22(26)27-20-13-15(3)11-12-19(20)21(25)24-18-10-6-9-17(23)14-18/h6,9-14,16H,4-5,7-8H2,1-3H3,(H,24,25). The first kappa shape index (κ1) is 21.0. The molecule has 5 heteroatoms. The highest BCUT2D eigenvalue weighted by Crippen LogP contribution is 2.25. The summed E-state index contributed by atoms with van der Waals surface area (Å²) in [4.78, 5) is 25.3. The molecule has 4 nitrogen and oxygen atoms in total. The monoisotopic (exact) mass is 387 g/mol. The van der Waals surface area contributed by atoms with E-state index in [9.17, 15) is 9.59 Å². The number of carbonyl (C=O) groups is 2. The van der Waals surface area contributed by atoms with Gasteiger partial charge < -0.3 is 10.1 Å². The molecule has 0 aromatic heterocycles. The fraction of sp³-hybridized carbons (Fsp3) is 0.364. The van der Waals surface area contributed by atoms with Crippen LogP contribution in [0.4, 0.5) is 5.69 Å². The van der Waals surface area contributed by atoms with Gasteiger partial charge in [-0.3, -0.25) is 9.59 Å². The summed E-state index contributed by atoms with van der Waals surface area (Å²) in [5, 5.41) is 3.33. The molecule has 2 rings (SSSR count). The van der Waals surface area contributed by atoms with E-state index in [4.69, 9.17) is 16.3 Å². The van der Waals surface area contributed by atoms with E-state index in [-0.39, 0.29) is 23.5 Å². The van der Waals surface area contributed by atoms with Crippen LogP contribution in [0.5, 0.6) is 5.75 Å². The smallest absolute Gasteiger partial charge is 0.314 e. The third-order valence-electron chi connectivity index (χ3n) is 4.28. The Labute approximate surface area is 165 Å². The fourth-order valence-corrected chi connectivity index (χ4v) is 3.13. The summed E-state index contributed by atoms with van der Waals surface area (Å²) >= 11 is 5.97. The van der Waals surface area contributed by atoms with Gasteiger partial charge in [0.2, 0.25) is 0 Å².